The third-order valence-corrected chi connectivity index (χ3v) is 17.7. The Labute approximate surface area is 360 Å². The van der Waals surface area contributed by atoms with E-state index in [9.17, 15) is 24.0 Å². The van der Waals surface area contributed by atoms with E-state index in [4.69, 9.17) is 4.43 Å². The van der Waals surface area contributed by atoms with Gasteiger partial charge in [0.2, 0.25) is 23.6 Å². The average Bonchev–Trinajstić information content (AvgIpc) is 3.91. The zero-order valence-corrected chi connectivity index (χ0v) is 36.7. The molecule has 318 valence electrons. The number of carbonyl (C=O) groups is 5. The van der Waals surface area contributed by atoms with Crippen molar-refractivity contribution in [2.24, 2.45) is 0 Å². The van der Waals surface area contributed by atoms with Crippen LogP contribution >= 0.6 is 0 Å². The standard InChI is InChI=1S/C50H58N4O6Si/c1-35(60-61(49(2,3)4,39-24-11-6-12-25-39)40-26-13-7-14-27-40)44(55)30-16-8-15-28-41-45(56)53-50(33-37-22-17-18-23-38(37)34-50)48(59)52-42(32-36-20-9-5-10-21-36)47(58)54-31-19-29-43(54)46(57)51-41/h5-14,16-18,20-27,35,41-43H,15,19,28-34H2,1-4H3,(H,51,57)(H,52,59)(H,53,56)/t35-,41+,42+,43-/m1/s1. The Morgan fingerprint density at radius 1 is 0.787 bits per heavy atom. The summed E-state index contributed by atoms with van der Waals surface area (Å²) in [6, 6.07) is 35.0. The van der Waals surface area contributed by atoms with Gasteiger partial charge in [-0.15, -0.1) is 0 Å². The van der Waals surface area contributed by atoms with Crippen LogP contribution in [0.15, 0.2) is 127 Å². The van der Waals surface area contributed by atoms with Crippen molar-refractivity contribution in [3.63, 3.8) is 0 Å². The van der Waals surface area contributed by atoms with Crippen molar-refractivity contribution in [2.45, 2.75) is 114 Å². The van der Waals surface area contributed by atoms with E-state index in [1.807, 2.05) is 104 Å². The highest BCUT2D eigenvalue weighted by atomic mass is 28.4. The summed E-state index contributed by atoms with van der Waals surface area (Å²) in [5.74, 6) is -1.67. The lowest BCUT2D eigenvalue weighted by Crippen LogP contribution is -2.68. The molecule has 4 amide bonds. The predicted molar refractivity (Wildman–Crippen MR) is 240 cm³/mol. The van der Waals surface area contributed by atoms with Gasteiger partial charge in [0.15, 0.2) is 5.78 Å². The largest absolute Gasteiger partial charge is 0.398 e. The van der Waals surface area contributed by atoms with Gasteiger partial charge in [0.1, 0.15) is 29.8 Å². The second-order valence-corrected chi connectivity index (χ2v) is 22.1. The molecule has 4 aromatic rings. The lowest BCUT2D eigenvalue weighted by atomic mass is 9.91. The van der Waals surface area contributed by atoms with Gasteiger partial charge < -0.3 is 25.3 Å². The van der Waals surface area contributed by atoms with Gasteiger partial charge in [0.25, 0.3) is 8.32 Å². The number of ketones is 1. The number of nitrogens with zero attached hydrogens (tertiary/aromatic N) is 1. The van der Waals surface area contributed by atoms with Crippen molar-refractivity contribution >= 4 is 48.1 Å². The minimum absolute atomic E-state index is 0.0633. The zero-order chi connectivity index (χ0) is 43.2. The van der Waals surface area contributed by atoms with Crippen molar-refractivity contribution in [3.8, 4) is 0 Å². The van der Waals surface area contributed by atoms with Gasteiger partial charge in [-0.05, 0) is 64.7 Å². The first-order valence-corrected chi connectivity index (χ1v) is 23.5. The van der Waals surface area contributed by atoms with Gasteiger partial charge in [-0.25, -0.2) is 0 Å². The topological polar surface area (TPSA) is 134 Å². The molecule has 4 atom stereocenters. The lowest BCUT2D eigenvalue weighted by molar-refractivity contribution is -0.144. The molecule has 0 unspecified atom stereocenters. The number of fused-ring (bicyclic) bond motifs is 2. The van der Waals surface area contributed by atoms with Crippen LogP contribution < -0.4 is 26.3 Å². The van der Waals surface area contributed by atoms with E-state index in [-0.39, 0.29) is 48.8 Å². The average molecular weight is 839 g/mol. The number of Topliss-reactive ketones (excluding diaryl/α,β-unsaturated/α-hetero) is 1. The van der Waals surface area contributed by atoms with Crippen LogP contribution in [0.4, 0.5) is 0 Å². The molecule has 2 aliphatic heterocycles. The number of amides is 4. The molecule has 2 saturated heterocycles. The Morgan fingerprint density at radius 2 is 1.36 bits per heavy atom. The second kappa shape index (κ2) is 18.5. The Hall–Kier alpha value is -5.65. The lowest BCUT2D eigenvalue weighted by Gasteiger charge is -2.44. The van der Waals surface area contributed by atoms with Gasteiger partial charge in [-0.2, -0.15) is 0 Å². The molecular formula is C50H58N4O6Si. The molecule has 61 heavy (non-hydrogen) atoms. The number of hydrogen-bond acceptors (Lipinski definition) is 6. The Morgan fingerprint density at radius 3 is 1.95 bits per heavy atom. The number of nitrogens with one attached hydrogen (secondary N) is 3. The highest BCUT2D eigenvalue weighted by Crippen LogP contribution is 2.38. The fourth-order valence-electron chi connectivity index (χ4n) is 9.40. The molecule has 2 heterocycles. The van der Waals surface area contributed by atoms with Crippen molar-refractivity contribution in [1.29, 1.82) is 0 Å². The molecule has 0 saturated carbocycles. The van der Waals surface area contributed by atoms with Gasteiger partial charge in [-0.1, -0.05) is 148 Å². The zero-order valence-electron chi connectivity index (χ0n) is 35.7. The van der Waals surface area contributed by atoms with Gasteiger partial charge in [0.05, 0.1) is 0 Å². The molecular weight excluding hydrogens is 781 g/mol. The molecule has 1 spiro atoms. The Bertz CT molecular complexity index is 2180. The molecule has 7 rings (SSSR count). The normalized spacial score (nSPS) is 21.2. The fraction of sp³-hybridized carbons (Fsp3) is 0.380. The van der Waals surface area contributed by atoms with Gasteiger partial charge in [-0.3, -0.25) is 24.0 Å². The molecule has 11 heteroatoms. The molecule has 1 aliphatic carbocycles. The summed E-state index contributed by atoms with van der Waals surface area (Å²) in [5, 5.41) is 11.0. The molecule has 3 N–H and O–H groups in total. The van der Waals surface area contributed by atoms with E-state index in [1.54, 1.807) is 11.0 Å². The van der Waals surface area contributed by atoms with E-state index >= 15 is 0 Å². The van der Waals surface area contributed by atoms with Crippen molar-refractivity contribution < 1.29 is 28.4 Å². The van der Waals surface area contributed by atoms with Gasteiger partial charge in [0, 0.05) is 32.2 Å². The molecule has 0 bridgehead atoms. The summed E-state index contributed by atoms with van der Waals surface area (Å²) in [6.45, 7) is 8.74. The van der Waals surface area contributed by atoms with Crippen LogP contribution in [-0.4, -0.2) is 78.9 Å². The van der Waals surface area contributed by atoms with E-state index in [0.717, 1.165) is 27.1 Å². The van der Waals surface area contributed by atoms with E-state index in [1.165, 1.54) is 0 Å². The second-order valence-electron chi connectivity index (χ2n) is 17.8. The van der Waals surface area contributed by atoms with E-state index < -0.39 is 55.8 Å². The number of allylic oxidation sites excluding steroid dienone is 2. The number of benzene rings is 4. The van der Waals surface area contributed by atoms with Gasteiger partial charge >= 0.3 is 0 Å². The van der Waals surface area contributed by atoms with Crippen LogP contribution in [0.5, 0.6) is 0 Å². The number of carbonyl (C=O) groups excluding carboxylic acids is 5. The molecule has 3 aliphatic rings. The smallest absolute Gasteiger partial charge is 0.262 e. The molecule has 0 aromatic heterocycles. The van der Waals surface area contributed by atoms with Crippen LogP contribution in [0.25, 0.3) is 0 Å². The first kappa shape index (κ1) is 43.4. The maximum atomic E-state index is 14.6. The van der Waals surface area contributed by atoms with Crippen LogP contribution in [0.3, 0.4) is 0 Å². The molecule has 0 radical (unpaired) electrons. The van der Waals surface area contributed by atoms with Crippen molar-refractivity contribution in [2.75, 3.05) is 6.54 Å². The summed E-state index contributed by atoms with van der Waals surface area (Å²) in [5.41, 5.74) is 1.39. The first-order chi connectivity index (χ1) is 29.3. The van der Waals surface area contributed by atoms with E-state index in [2.05, 4.69) is 61.0 Å². The minimum Gasteiger partial charge on any atom is -0.398 e. The highest BCUT2D eigenvalue weighted by molar-refractivity contribution is 6.99. The fourth-order valence-corrected chi connectivity index (χ4v) is 14.1. The third-order valence-electron chi connectivity index (χ3n) is 12.6. The predicted octanol–water partition coefficient (Wildman–Crippen LogP) is 5.12. The quantitative estimate of drug-likeness (QED) is 0.134. The van der Waals surface area contributed by atoms with E-state index in [0.29, 0.717) is 25.8 Å². The maximum Gasteiger partial charge on any atom is 0.262 e. The van der Waals surface area contributed by atoms with Crippen LogP contribution in [0, 0.1) is 0 Å². The highest BCUT2D eigenvalue weighted by Gasteiger charge is 2.52. The summed E-state index contributed by atoms with van der Waals surface area (Å²) >= 11 is 0. The summed E-state index contributed by atoms with van der Waals surface area (Å²) in [4.78, 5) is 72.6. The summed E-state index contributed by atoms with van der Waals surface area (Å²) < 4.78 is 7.03. The number of hydrogen-bond donors (Lipinski definition) is 3. The Kier molecular flexibility index (Phi) is 13.2. The summed E-state index contributed by atoms with van der Waals surface area (Å²) in [7, 11) is -2.95. The van der Waals surface area contributed by atoms with Crippen LogP contribution in [-0.2, 0) is 47.7 Å². The van der Waals surface area contributed by atoms with Crippen molar-refractivity contribution in [1.82, 2.24) is 20.9 Å². The van der Waals surface area contributed by atoms with Crippen LogP contribution in [0.1, 0.15) is 76.5 Å². The molecule has 4 aromatic carbocycles. The monoisotopic (exact) mass is 838 g/mol. The van der Waals surface area contributed by atoms with Crippen molar-refractivity contribution in [3.05, 3.63) is 144 Å². The SMILES string of the molecule is C[C@@H](O[Si](c1ccccc1)(c1ccccc1)C(C)(C)C)C(=O)CC=CCC[C@@H]1NC(=O)[C@H]2CCCN2C(=O)[C@H](Cc2ccccc2)NC(=O)C2(Cc3ccccc3C2)NC1=O. The molecule has 2 fully saturated rings. The summed E-state index contributed by atoms with van der Waals surface area (Å²) in [6.07, 6.45) is 5.52. The minimum atomic E-state index is -2.95. The van der Waals surface area contributed by atoms with Crippen LogP contribution in [0.2, 0.25) is 5.04 Å². The third kappa shape index (κ3) is 9.33. The number of rotatable bonds is 12. The first-order valence-electron chi connectivity index (χ1n) is 21.6. The Balaban J connectivity index is 1.08. The maximum absolute atomic E-state index is 14.6. The molecule has 10 nitrogen and oxygen atoms in total.